The van der Waals surface area contributed by atoms with E-state index in [9.17, 15) is 9.59 Å². The van der Waals surface area contributed by atoms with Crippen molar-refractivity contribution in [3.63, 3.8) is 0 Å². The summed E-state index contributed by atoms with van der Waals surface area (Å²) in [6.07, 6.45) is 5.09. The molecule has 0 radical (unpaired) electrons. The van der Waals surface area contributed by atoms with Crippen LogP contribution in [-0.2, 0) is 14.3 Å². The topological polar surface area (TPSA) is 43.4 Å². The first kappa shape index (κ1) is 9.96. The van der Waals surface area contributed by atoms with Crippen LogP contribution in [0.4, 0.5) is 0 Å². The predicted octanol–water partition coefficient (Wildman–Crippen LogP) is 1.62. The summed E-state index contributed by atoms with van der Waals surface area (Å²) in [6, 6.07) is 0. The molecule has 0 fully saturated rings. The van der Waals surface area contributed by atoms with E-state index in [0.29, 0.717) is 25.0 Å². The van der Waals surface area contributed by atoms with Crippen molar-refractivity contribution in [2.24, 2.45) is 0 Å². The fourth-order valence-electron chi connectivity index (χ4n) is 1.35. The molecule has 0 N–H and O–H groups in total. The van der Waals surface area contributed by atoms with E-state index in [-0.39, 0.29) is 5.97 Å². The third-order valence-corrected chi connectivity index (χ3v) is 2.22. The third kappa shape index (κ3) is 3.40. The second-order valence-electron chi connectivity index (χ2n) is 3.18. The van der Waals surface area contributed by atoms with Crippen LogP contribution in [0.1, 0.15) is 32.1 Å². The second kappa shape index (κ2) is 4.80. The minimum Gasteiger partial charge on any atom is -0.469 e. The molecule has 0 saturated heterocycles. The fraction of sp³-hybridized carbons (Fsp3) is 0.600. The zero-order chi connectivity index (χ0) is 9.68. The molecule has 0 aromatic rings. The van der Waals surface area contributed by atoms with Crippen LogP contribution in [0.5, 0.6) is 0 Å². The van der Waals surface area contributed by atoms with Gasteiger partial charge in [0.05, 0.1) is 7.11 Å². The summed E-state index contributed by atoms with van der Waals surface area (Å²) in [5.74, 6) is 0.111. The molecule has 1 aliphatic rings. The molecular formula is C10H14O3. The molecule has 1 rings (SSSR count). The molecule has 1 aliphatic carbocycles. The number of methoxy groups -OCH3 is 1. The number of carbonyl (C=O) groups excluding carboxylic acids is 2. The standard InChI is InChI=1S/C10H14O3/c1-13-10(12)7-4-8-2-5-9(11)6-3-8/h2H,3-7H2,1H3. The van der Waals surface area contributed by atoms with Crippen molar-refractivity contribution in [2.45, 2.75) is 32.1 Å². The Morgan fingerprint density at radius 2 is 2.31 bits per heavy atom. The third-order valence-electron chi connectivity index (χ3n) is 2.22. The zero-order valence-corrected chi connectivity index (χ0v) is 7.84. The largest absolute Gasteiger partial charge is 0.469 e. The van der Waals surface area contributed by atoms with Gasteiger partial charge in [0.1, 0.15) is 5.78 Å². The lowest BCUT2D eigenvalue weighted by atomic mass is 9.95. The molecule has 0 aromatic carbocycles. The number of carbonyl (C=O) groups is 2. The predicted molar refractivity (Wildman–Crippen MR) is 48.2 cm³/mol. The van der Waals surface area contributed by atoms with Gasteiger partial charge in [-0.3, -0.25) is 9.59 Å². The molecule has 0 unspecified atom stereocenters. The molecule has 0 aromatic heterocycles. The van der Waals surface area contributed by atoms with Gasteiger partial charge < -0.3 is 4.74 Å². The lowest BCUT2D eigenvalue weighted by Gasteiger charge is -2.10. The zero-order valence-electron chi connectivity index (χ0n) is 7.84. The maximum absolute atomic E-state index is 10.9. The van der Waals surface area contributed by atoms with Gasteiger partial charge in [0.25, 0.3) is 0 Å². The molecule has 13 heavy (non-hydrogen) atoms. The number of ketones is 1. The molecule has 0 aliphatic heterocycles. The smallest absolute Gasteiger partial charge is 0.305 e. The highest BCUT2D eigenvalue weighted by atomic mass is 16.5. The number of Topliss-reactive ketones (excluding diaryl/α,β-unsaturated/α-hetero) is 1. The average molecular weight is 182 g/mol. The summed E-state index contributed by atoms with van der Waals surface area (Å²) in [5.41, 5.74) is 1.21. The molecular weight excluding hydrogens is 168 g/mol. The van der Waals surface area contributed by atoms with Crippen molar-refractivity contribution in [1.29, 1.82) is 0 Å². The van der Waals surface area contributed by atoms with Gasteiger partial charge in [-0.2, -0.15) is 0 Å². The summed E-state index contributed by atoms with van der Waals surface area (Å²) in [6.45, 7) is 0. The van der Waals surface area contributed by atoms with Crippen LogP contribution in [0.3, 0.4) is 0 Å². The summed E-state index contributed by atoms with van der Waals surface area (Å²) in [4.78, 5) is 21.7. The Balaban J connectivity index is 2.30. The van der Waals surface area contributed by atoms with Crippen LogP contribution in [0, 0.1) is 0 Å². The molecule has 72 valence electrons. The van der Waals surface area contributed by atoms with E-state index in [2.05, 4.69) is 4.74 Å². The van der Waals surface area contributed by atoms with E-state index in [1.807, 2.05) is 6.08 Å². The van der Waals surface area contributed by atoms with Gasteiger partial charge >= 0.3 is 5.97 Å². The molecule has 3 heteroatoms. The minimum absolute atomic E-state index is 0.183. The van der Waals surface area contributed by atoms with Crippen molar-refractivity contribution in [3.05, 3.63) is 11.6 Å². The van der Waals surface area contributed by atoms with E-state index in [1.165, 1.54) is 12.7 Å². The Kier molecular flexibility index (Phi) is 3.68. The highest BCUT2D eigenvalue weighted by molar-refractivity contribution is 5.81. The lowest BCUT2D eigenvalue weighted by Crippen LogP contribution is -2.06. The van der Waals surface area contributed by atoms with E-state index in [4.69, 9.17) is 0 Å². The summed E-state index contributed by atoms with van der Waals surface area (Å²) in [5, 5.41) is 0. The molecule has 0 bridgehead atoms. The monoisotopic (exact) mass is 182 g/mol. The van der Waals surface area contributed by atoms with Crippen molar-refractivity contribution in [2.75, 3.05) is 7.11 Å². The fourth-order valence-corrected chi connectivity index (χ4v) is 1.35. The number of esters is 1. The summed E-state index contributed by atoms with van der Waals surface area (Å²) in [7, 11) is 1.39. The first-order valence-corrected chi connectivity index (χ1v) is 4.49. The van der Waals surface area contributed by atoms with Crippen LogP contribution in [-0.4, -0.2) is 18.9 Å². The normalized spacial score (nSPS) is 16.7. The Hall–Kier alpha value is -1.12. The van der Waals surface area contributed by atoms with Crippen molar-refractivity contribution < 1.29 is 14.3 Å². The van der Waals surface area contributed by atoms with Gasteiger partial charge in [-0.05, 0) is 12.8 Å². The van der Waals surface area contributed by atoms with Gasteiger partial charge in [0.15, 0.2) is 0 Å². The van der Waals surface area contributed by atoms with E-state index < -0.39 is 0 Å². The van der Waals surface area contributed by atoms with Gasteiger partial charge in [-0.25, -0.2) is 0 Å². The van der Waals surface area contributed by atoms with Crippen LogP contribution in [0.2, 0.25) is 0 Å². The Bertz CT molecular complexity index is 241. The molecule has 3 nitrogen and oxygen atoms in total. The van der Waals surface area contributed by atoms with E-state index in [0.717, 1.165) is 12.8 Å². The van der Waals surface area contributed by atoms with E-state index >= 15 is 0 Å². The highest BCUT2D eigenvalue weighted by Crippen LogP contribution is 2.19. The van der Waals surface area contributed by atoms with Crippen molar-refractivity contribution >= 4 is 11.8 Å². The molecule has 0 heterocycles. The van der Waals surface area contributed by atoms with Crippen molar-refractivity contribution in [3.8, 4) is 0 Å². The number of hydrogen-bond donors (Lipinski definition) is 0. The van der Waals surface area contributed by atoms with Crippen LogP contribution >= 0.6 is 0 Å². The van der Waals surface area contributed by atoms with Crippen LogP contribution in [0.15, 0.2) is 11.6 Å². The maximum Gasteiger partial charge on any atom is 0.305 e. The molecule has 0 amide bonds. The highest BCUT2D eigenvalue weighted by Gasteiger charge is 2.11. The molecule has 0 saturated carbocycles. The SMILES string of the molecule is COC(=O)CCC1=CCC(=O)CC1. The lowest BCUT2D eigenvalue weighted by molar-refractivity contribution is -0.140. The number of ether oxygens (including phenoxy) is 1. The minimum atomic E-state index is -0.183. The van der Waals surface area contributed by atoms with Crippen LogP contribution < -0.4 is 0 Å². The Morgan fingerprint density at radius 3 is 2.85 bits per heavy atom. The number of allylic oxidation sites excluding steroid dienone is 2. The van der Waals surface area contributed by atoms with Gasteiger partial charge in [-0.15, -0.1) is 0 Å². The van der Waals surface area contributed by atoms with Crippen LogP contribution in [0.25, 0.3) is 0 Å². The number of rotatable bonds is 3. The van der Waals surface area contributed by atoms with Gasteiger partial charge in [-0.1, -0.05) is 11.6 Å². The average Bonchev–Trinajstić information content (AvgIpc) is 2.16. The molecule has 0 atom stereocenters. The van der Waals surface area contributed by atoms with E-state index in [1.54, 1.807) is 0 Å². The first-order chi connectivity index (χ1) is 6.22. The molecule has 0 spiro atoms. The van der Waals surface area contributed by atoms with Gasteiger partial charge in [0.2, 0.25) is 0 Å². The quantitative estimate of drug-likeness (QED) is 0.492. The first-order valence-electron chi connectivity index (χ1n) is 4.49. The number of hydrogen-bond acceptors (Lipinski definition) is 3. The van der Waals surface area contributed by atoms with Gasteiger partial charge in [0, 0.05) is 19.3 Å². The Labute approximate surface area is 77.8 Å². The Morgan fingerprint density at radius 1 is 1.54 bits per heavy atom. The second-order valence-corrected chi connectivity index (χ2v) is 3.18. The maximum atomic E-state index is 10.9. The summed E-state index contributed by atoms with van der Waals surface area (Å²) >= 11 is 0. The summed E-state index contributed by atoms with van der Waals surface area (Å²) < 4.78 is 4.53. The van der Waals surface area contributed by atoms with Crippen molar-refractivity contribution in [1.82, 2.24) is 0 Å².